The maximum atomic E-state index is 11.7. The average molecular weight is 407 g/mol. The van der Waals surface area contributed by atoms with Gasteiger partial charge in [-0.2, -0.15) is 0 Å². The van der Waals surface area contributed by atoms with E-state index < -0.39 is 62.2 Å². The first kappa shape index (κ1) is 17.4. The first-order valence-corrected chi connectivity index (χ1v) is 7.37. The van der Waals surface area contributed by atoms with E-state index in [0.29, 0.717) is 0 Å². The van der Waals surface area contributed by atoms with Crippen LogP contribution in [-0.2, 0) is 0 Å². The molecule has 21 nitrogen and oxygen atoms in total. The van der Waals surface area contributed by atoms with E-state index in [9.17, 15) is 50.6 Å². The summed E-state index contributed by atoms with van der Waals surface area (Å²) in [6.45, 7) is 0. The summed E-state index contributed by atoms with van der Waals surface area (Å²) in [4.78, 5) is 59.2. The number of likely N-dealkylation sites (N-methyl/N-ethyl adjacent to an activating group) is 1. The fraction of sp³-hybridized carbons (Fsp3) is 1.00. The van der Waals surface area contributed by atoms with Gasteiger partial charge in [0.1, 0.15) is 0 Å². The summed E-state index contributed by atoms with van der Waals surface area (Å²) in [7, 11) is 1.12. The van der Waals surface area contributed by atoms with Crippen molar-refractivity contribution in [1.29, 1.82) is 0 Å². The molecular formula is C7H9N11O10. The van der Waals surface area contributed by atoms with Gasteiger partial charge in [-0.3, -0.25) is 0 Å². The van der Waals surface area contributed by atoms with Crippen molar-refractivity contribution in [2.45, 2.75) is 37.0 Å². The van der Waals surface area contributed by atoms with E-state index in [2.05, 4.69) is 0 Å². The predicted molar refractivity (Wildman–Crippen MR) is 74.7 cm³/mol. The quantitative estimate of drug-likeness (QED) is 0.316. The van der Waals surface area contributed by atoms with Crippen LogP contribution in [0.15, 0.2) is 0 Å². The summed E-state index contributed by atoms with van der Waals surface area (Å²) in [6.07, 6.45) is -11.4. The Morgan fingerprint density at radius 2 is 0.643 bits per heavy atom. The molecule has 0 saturated carbocycles. The van der Waals surface area contributed by atoms with Crippen LogP contribution < -0.4 is 0 Å². The summed E-state index contributed by atoms with van der Waals surface area (Å²) < 4.78 is 0. The maximum absolute atomic E-state index is 11.7. The van der Waals surface area contributed by atoms with Crippen LogP contribution in [0.25, 0.3) is 0 Å². The highest BCUT2D eigenvalue weighted by molar-refractivity contribution is 5.10. The molecule has 0 aliphatic carbocycles. The van der Waals surface area contributed by atoms with Gasteiger partial charge in [0.25, 0.3) is 24.7 Å². The van der Waals surface area contributed by atoms with Gasteiger partial charge < -0.3 is 0 Å². The summed E-state index contributed by atoms with van der Waals surface area (Å²) in [5, 5.41) is 53.1. The molecule has 5 fully saturated rings. The molecule has 21 heteroatoms. The number of nitro groups is 5. The Morgan fingerprint density at radius 3 is 0.857 bits per heavy atom. The molecule has 0 aromatic rings. The molecule has 0 N–H and O–H groups in total. The van der Waals surface area contributed by atoms with E-state index in [0.717, 1.165) is 11.9 Å². The Bertz CT molecular complexity index is 764. The minimum absolute atomic E-state index is 0.0831. The van der Waals surface area contributed by atoms with Crippen molar-refractivity contribution in [3.63, 3.8) is 0 Å². The van der Waals surface area contributed by atoms with Crippen molar-refractivity contribution < 1.29 is 25.2 Å². The molecule has 0 amide bonds. The minimum Gasteiger partial charge on any atom is -0.249 e. The van der Waals surface area contributed by atoms with Crippen molar-refractivity contribution >= 4 is 0 Å². The topological polar surface area (TPSA) is 235 Å². The summed E-state index contributed by atoms with van der Waals surface area (Å²) in [5.41, 5.74) is 0. The molecule has 5 heterocycles. The third-order valence-electron chi connectivity index (χ3n) is 5.29. The summed E-state index contributed by atoms with van der Waals surface area (Å²) >= 11 is 0. The lowest BCUT2D eigenvalue weighted by molar-refractivity contribution is -0.755. The predicted octanol–water partition coefficient (Wildman–Crippen LogP) is -3.60. The van der Waals surface area contributed by atoms with Crippen LogP contribution in [0, 0.1) is 50.6 Å². The minimum atomic E-state index is -2.15. The highest BCUT2D eigenvalue weighted by Gasteiger charge is 2.86. The zero-order valence-electron chi connectivity index (χ0n) is 13.5. The SMILES string of the molecule is CN1C2C3N([N+](=O)[O-])C(C4N([N+](=O)[O-])C1C(N4[N+](=O)[O-])N3[N+](=O)[O-])N2[N+](=O)[O-]. The Morgan fingerprint density at radius 1 is 0.464 bits per heavy atom. The average Bonchev–Trinajstić information content (AvgIpc) is 3.01. The lowest BCUT2D eigenvalue weighted by Crippen LogP contribution is -2.75. The smallest absolute Gasteiger partial charge is 0.249 e. The maximum Gasteiger partial charge on any atom is 0.272 e. The highest BCUT2D eigenvalue weighted by atomic mass is 16.7. The lowest BCUT2D eigenvalue weighted by atomic mass is 10.2. The second kappa shape index (κ2) is 5.02. The first-order chi connectivity index (χ1) is 13.0. The van der Waals surface area contributed by atoms with E-state index in [1.807, 2.05) is 0 Å². The fourth-order valence-electron chi connectivity index (χ4n) is 4.55. The molecule has 0 aromatic heterocycles. The van der Waals surface area contributed by atoms with Crippen molar-refractivity contribution in [2.24, 2.45) is 0 Å². The van der Waals surface area contributed by atoms with Crippen molar-refractivity contribution in [2.75, 3.05) is 7.05 Å². The van der Waals surface area contributed by atoms with Gasteiger partial charge in [0, 0.05) is 0 Å². The van der Waals surface area contributed by atoms with Crippen LogP contribution in [-0.4, -0.2) is 99.1 Å². The molecule has 5 saturated heterocycles. The molecular weight excluding hydrogens is 398 g/mol. The monoisotopic (exact) mass is 407 g/mol. The number of hydrogen-bond acceptors (Lipinski definition) is 11. The molecule has 6 atom stereocenters. The van der Waals surface area contributed by atoms with Gasteiger partial charge >= 0.3 is 0 Å². The standard InChI is InChI=1S/C7H9N11O10/c1-8-2-4-11(16(23)24)5-3(8)10(15(21)22)7(13(5)18(27)28)6(9(2)14(19)20)12(4)17(25)26/h2-7H,1H3. The van der Waals surface area contributed by atoms with Crippen molar-refractivity contribution in [3.8, 4) is 0 Å². The molecule has 0 spiro atoms. The van der Waals surface area contributed by atoms with Gasteiger partial charge in [0.2, 0.25) is 0 Å². The van der Waals surface area contributed by atoms with E-state index in [-0.39, 0.29) is 25.0 Å². The van der Waals surface area contributed by atoms with Gasteiger partial charge in [0.05, 0.1) is 0 Å². The highest BCUT2D eigenvalue weighted by Crippen LogP contribution is 2.50. The van der Waals surface area contributed by atoms with Crippen LogP contribution in [0.4, 0.5) is 0 Å². The number of piperazine rings is 1. The Kier molecular flexibility index (Phi) is 3.12. The molecule has 152 valence electrons. The second-order valence-electron chi connectivity index (χ2n) is 6.24. The largest absolute Gasteiger partial charge is 0.272 e. The number of rotatable bonds is 5. The third kappa shape index (κ3) is 1.67. The van der Waals surface area contributed by atoms with Crippen molar-refractivity contribution in [3.05, 3.63) is 50.6 Å². The van der Waals surface area contributed by atoms with Crippen LogP contribution in [0.3, 0.4) is 0 Å². The molecule has 5 aliphatic rings. The fourth-order valence-corrected chi connectivity index (χ4v) is 4.55. The van der Waals surface area contributed by atoms with Gasteiger partial charge in [-0.05, 0) is 7.05 Å². The number of hydrazine groups is 5. The molecule has 6 bridgehead atoms. The zero-order chi connectivity index (χ0) is 20.8. The van der Waals surface area contributed by atoms with Crippen LogP contribution in [0.2, 0.25) is 0 Å². The number of hydrogen-bond donors (Lipinski definition) is 0. The lowest BCUT2D eigenvalue weighted by Gasteiger charge is -2.43. The molecule has 0 radical (unpaired) electrons. The van der Waals surface area contributed by atoms with Crippen LogP contribution in [0.5, 0.6) is 0 Å². The Hall–Kier alpha value is -4.04. The first-order valence-electron chi connectivity index (χ1n) is 7.37. The molecule has 5 aliphatic heterocycles. The zero-order valence-corrected chi connectivity index (χ0v) is 13.5. The number of nitrogens with zero attached hydrogens (tertiary/aromatic N) is 11. The third-order valence-corrected chi connectivity index (χ3v) is 5.29. The summed E-state index contributed by atoms with van der Waals surface area (Å²) in [5.74, 6) is 0. The Labute approximate surface area is 151 Å². The normalized spacial score (nSPS) is 35.5. The van der Waals surface area contributed by atoms with Gasteiger partial charge in [-0.1, -0.05) is 25.0 Å². The summed E-state index contributed by atoms with van der Waals surface area (Å²) in [6, 6.07) is 0. The van der Waals surface area contributed by atoms with E-state index in [4.69, 9.17) is 0 Å². The van der Waals surface area contributed by atoms with Crippen LogP contribution in [0.1, 0.15) is 0 Å². The van der Waals surface area contributed by atoms with Gasteiger partial charge in [-0.15, -0.1) is 0 Å². The molecule has 28 heavy (non-hydrogen) atoms. The van der Waals surface area contributed by atoms with E-state index in [1.165, 1.54) is 0 Å². The Balaban J connectivity index is 2.07. The van der Waals surface area contributed by atoms with Gasteiger partial charge in [0.15, 0.2) is 37.5 Å². The van der Waals surface area contributed by atoms with E-state index >= 15 is 0 Å². The molecule has 6 unspecified atom stereocenters. The molecule has 5 rings (SSSR count). The molecule has 0 aromatic carbocycles. The van der Waals surface area contributed by atoms with Crippen molar-refractivity contribution in [1.82, 2.24) is 29.9 Å². The van der Waals surface area contributed by atoms with Crippen LogP contribution >= 0.6 is 0 Å². The van der Waals surface area contributed by atoms with Gasteiger partial charge in [-0.25, -0.2) is 55.5 Å². The van der Waals surface area contributed by atoms with E-state index in [1.54, 1.807) is 0 Å². The second-order valence-corrected chi connectivity index (χ2v) is 6.24.